The molecule has 0 spiro atoms. The molecule has 78 valence electrons. The summed E-state index contributed by atoms with van der Waals surface area (Å²) in [4.78, 5) is 10.9. The van der Waals surface area contributed by atoms with Crippen LogP contribution in [0.15, 0.2) is 0 Å². The lowest BCUT2D eigenvalue weighted by atomic mass is 9.82. The van der Waals surface area contributed by atoms with Crippen molar-refractivity contribution in [1.82, 2.24) is 0 Å². The molecule has 1 atom stereocenters. The van der Waals surface area contributed by atoms with E-state index in [0.717, 1.165) is 19.3 Å². The van der Waals surface area contributed by atoms with Crippen molar-refractivity contribution < 1.29 is 15.0 Å². The number of unbranched alkanes of at least 4 members (excludes halogenated alkanes) is 2. The summed E-state index contributed by atoms with van der Waals surface area (Å²) < 4.78 is 0. The molecule has 0 aliphatic carbocycles. The molecule has 3 heteroatoms. The number of aliphatic hydroxyl groups excluding tert-OH is 1. The zero-order valence-electron chi connectivity index (χ0n) is 8.55. The lowest BCUT2D eigenvalue weighted by molar-refractivity contribution is -0.148. The highest BCUT2D eigenvalue weighted by atomic mass is 16.4. The molecule has 13 heavy (non-hydrogen) atoms. The van der Waals surface area contributed by atoms with Gasteiger partial charge in [-0.25, -0.2) is 0 Å². The quantitative estimate of drug-likeness (QED) is 0.601. The number of carboxylic acid groups (broad SMARTS) is 1. The summed E-state index contributed by atoms with van der Waals surface area (Å²) in [5, 5.41) is 17.5. The summed E-state index contributed by atoms with van der Waals surface area (Å²) in [5.41, 5.74) is -0.574. The van der Waals surface area contributed by atoms with Crippen LogP contribution in [0.25, 0.3) is 0 Å². The topological polar surface area (TPSA) is 57.5 Å². The molecule has 0 saturated carbocycles. The molecule has 0 aromatic rings. The van der Waals surface area contributed by atoms with Crippen LogP contribution in [0.5, 0.6) is 0 Å². The summed E-state index contributed by atoms with van der Waals surface area (Å²) in [6.45, 7) is 3.89. The van der Waals surface area contributed by atoms with Crippen molar-refractivity contribution in [2.75, 3.05) is 6.61 Å². The number of hydrogen-bond donors (Lipinski definition) is 2. The van der Waals surface area contributed by atoms with Gasteiger partial charge in [-0.3, -0.25) is 4.79 Å². The van der Waals surface area contributed by atoms with Crippen molar-refractivity contribution in [2.24, 2.45) is 5.41 Å². The number of aliphatic hydroxyl groups is 1. The normalized spacial score (nSPS) is 15.3. The highest BCUT2D eigenvalue weighted by molar-refractivity contribution is 5.73. The van der Waals surface area contributed by atoms with Gasteiger partial charge in [-0.05, 0) is 26.2 Å². The van der Waals surface area contributed by atoms with Gasteiger partial charge in [-0.1, -0.05) is 19.8 Å². The minimum atomic E-state index is -0.709. The van der Waals surface area contributed by atoms with E-state index in [1.54, 1.807) is 6.92 Å². The zero-order chi connectivity index (χ0) is 10.3. The second-order valence-electron chi connectivity index (χ2n) is 3.75. The van der Waals surface area contributed by atoms with Crippen molar-refractivity contribution in [3.63, 3.8) is 0 Å². The smallest absolute Gasteiger partial charge is 0.309 e. The average Bonchev–Trinajstić information content (AvgIpc) is 2.12. The fourth-order valence-corrected chi connectivity index (χ4v) is 1.24. The summed E-state index contributed by atoms with van der Waals surface area (Å²) >= 11 is 0. The van der Waals surface area contributed by atoms with Gasteiger partial charge < -0.3 is 10.2 Å². The minimum absolute atomic E-state index is 0.204. The molecule has 0 aromatic heterocycles. The Labute approximate surface area is 79.8 Å². The first-order valence-corrected chi connectivity index (χ1v) is 4.91. The molecule has 0 heterocycles. The predicted octanol–water partition coefficient (Wildman–Crippen LogP) is 2.04. The Hall–Kier alpha value is -0.570. The Balaban J connectivity index is 3.78. The Morgan fingerprint density at radius 1 is 1.31 bits per heavy atom. The van der Waals surface area contributed by atoms with Gasteiger partial charge in [0.2, 0.25) is 0 Å². The van der Waals surface area contributed by atoms with Gasteiger partial charge in [0.05, 0.1) is 5.41 Å². The first kappa shape index (κ1) is 12.4. The molecule has 0 aromatic carbocycles. The molecule has 0 bridgehead atoms. The van der Waals surface area contributed by atoms with E-state index in [2.05, 4.69) is 0 Å². The number of hydrogen-bond acceptors (Lipinski definition) is 2. The third-order valence-electron chi connectivity index (χ3n) is 2.68. The van der Waals surface area contributed by atoms with Crippen molar-refractivity contribution in [3.05, 3.63) is 0 Å². The second-order valence-corrected chi connectivity index (χ2v) is 3.75. The lowest BCUT2D eigenvalue weighted by Gasteiger charge is -2.22. The van der Waals surface area contributed by atoms with Crippen LogP contribution in [-0.4, -0.2) is 22.8 Å². The zero-order valence-corrected chi connectivity index (χ0v) is 8.55. The Morgan fingerprint density at radius 2 is 1.92 bits per heavy atom. The van der Waals surface area contributed by atoms with Crippen molar-refractivity contribution in [3.8, 4) is 0 Å². The van der Waals surface area contributed by atoms with Gasteiger partial charge in [0.15, 0.2) is 0 Å². The fourth-order valence-electron chi connectivity index (χ4n) is 1.24. The van der Waals surface area contributed by atoms with E-state index in [-0.39, 0.29) is 6.61 Å². The number of aliphatic carboxylic acids is 1. The van der Waals surface area contributed by atoms with Crippen LogP contribution in [-0.2, 0) is 4.79 Å². The van der Waals surface area contributed by atoms with Crippen LogP contribution >= 0.6 is 0 Å². The molecule has 0 aliphatic heterocycles. The van der Waals surface area contributed by atoms with Gasteiger partial charge in [0.1, 0.15) is 0 Å². The number of carboxylic acids is 1. The third-order valence-corrected chi connectivity index (χ3v) is 2.68. The number of carbonyl (C=O) groups is 1. The van der Waals surface area contributed by atoms with Gasteiger partial charge in [-0.2, -0.15) is 0 Å². The van der Waals surface area contributed by atoms with E-state index >= 15 is 0 Å². The van der Waals surface area contributed by atoms with Gasteiger partial charge >= 0.3 is 5.97 Å². The minimum Gasteiger partial charge on any atom is -0.481 e. The van der Waals surface area contributed by atoms with Crippen LogP contribution in [0.4, 0.5) is 0 Å². The lowest BCUT2D eigenvalue weighted by Crippen LogP contribution is -2.26. The first-order valence-electron chi connectivity index (χ1n) is 4.91. The highest BCUT2D eigenvalue weighted by Crippen LogP contribution is 2.28. The summed E-state index contributed by atoms with van der Waals surface area (Å²) in [5.74, 6) is -0.709. The highest BCUT2D eigenvalue weighted by Gasteiger charge is 2.29. The van der Waals surface area contributed by atoms with Crippen molar-refractivity contribution >= 4 is 5.97 Å². The third kappa shape index (κ3) is 4.27. The van der Waals surface area contributed by atoms with E-state index < -0.39 is 11.4 Å². The van der Waals surface area contributed by atoms with Crippen LogP contribution < -0.4 is 0 Å². The fraction of sp³-hybridized carbons (Fsp3) is 0.900. The second kappa shape index (κ2) is 5.97. The van der Waals surface area contributed by atoms with E-state index in [9.17, 15) is 4.79 Å². The summed E-state index contributed by atoms with van der Waals surface area (Å²) in [6, 6.07) is 0. The molecule has 0 radical (unpaired) electrons. The Bertz CT molecular complexity index is 156. The standard InChI is InChI=1S/C10H20O3/c1-3-10(2,9(12)13)7-5-4-6-8-11/h11H,3-8H2,1-2H3,(H,12,13). The predicted molar refractivity (Wildman–Crippen MR) is 51.6 cm³/mol. The molecule has 1 unspecified atom stereocenters. The molecule has 0 saturated heterocycles. The summed E-state index contributed by atoms with van der Waals surface area (Å²) in [6.07, 6.45) is 3.95. The van der Waals surface area contributed by atoms with Crippen LogP contribution in [0.1, 0.15) is 46.0 Å². The van der Waals surface area contributed by atoms with Crippen LogP contribution in [0.3, 0.4) is 0 Å². The van der Waals surface area contributed by atoms with Crippen LogP contribution in [0, 0.1) is 5.41 Å². The first-order chi connectivity index (χ1) is 6.06. The maximum absolute atomic E-state index is 10.9. The van der Waals surface area contributed by atoms with E-state index in [1.165, 1.54) is 0 Å². The maximum Gasteiger partial charge on any atom is 0.309 e. The van der Waals surface area contributed by atoms with Crippen molar-refractivity contribution in [2.45, 2.75) is 46.0 Å². The summed E-state index contributed by atoms with van der Waals surface area (Å²) in [7, 11) is 0. The van der Waals surface area contributed by atoms with Crippen molar-refractivity contribution in [1.29, 1.82) is 0 Å². The largest absolute Gasteiger partial charge is 0.481 e. The molecule has 3 nitrogen and oxygen atoms in total. The average molecular weight is 188 g/mol. The molecule has 0 amide bonds. The SMILES string of the molecule is CCC(C)(CCCCCO)C(=O)O. The molecule has 0 aliphatic rings. The molecule has 2 N–H and O–H groups in total. The van der Waals surface area contributed by atoms with Crippen LogP contribution in [0.2, 0.25) is 0 Å². The molecule has 0 rings (SSSR count). The Morgan fingerprint density at radius 3 is 2.31 bits per heavy atom. The molecular formula is C10H20O3. The number of rotatable bonds is 7. The monoisotopic (exact) mass is 188 g/mol. The van der Waals surface area contributed by atoms with E-state index in [1.807, 2.05) is 6.92 Å². The van der Waals surface area contributed by atoms with E-state index in [0.29, 0.717) is 12.8 Å². The molecule has 0 fully saturated rings. The Kier molecular flexibility index (Phi) is 5.71. The maximum atomic E-state index is 10.9. The molecular weight excluding hydrogens is 168 g/mol. The van der Waals surface area contributed by atoms with E-state index in [4.69, 9.17) is 10.2 Å². The van der Waals surface area contributed by atoms with Gasteiger partial charge in [0.25, 0.3) is 0 Å². The van der Waals surface area contributed by atoms with Gasteiger partial charge in [-0.15, -0.1) is 0 Å². The van der Waals surface area contributed by atoms with Gasteiger partial charge in [0, 0.05) is 6.61 Å².